The zero-order chi connectivity index (χ0) is 30.6. The van der Waals surface area contributed by atoms with Crippen LogP contribution in [-0.2, 0) is 12.7 Å². The molecule has 0 aliphatic carbocycles. The largest absolute Gasteiger partial charge is 0.416 e. The monoisotopic (exact) mass is 626 g/mol. The Labute approximate surface area is 260 Å². The second-order valence-electron chi connectivity index (χ2n) is 11.0. The Bertz CT molecular complexity index is 1590. The smallest absolute Gasteiger partial charge is 0.324 e. The summed E-state index contributed by atoms with van der Waals surface area (Å²) >= 11 is 0. The van der Waals surface area contributed by atoms with Gasteiger partial charge in [0.25, 0.3) is 5.91 Å². The van der Waals surface area contributed by atoms with E-state index in [1.54, 1.807) is 42.9 Å². The number of anilines is 3. The minimum Gasteiger partial charge on any atom is -0.324 e. The highest BCUT2D eigenvalue weighted by atomic mass is 35.5. The number of benzene rings is 2. The summed E-state index contributed by atoms with van der Waals surface area (Å²) in [5.41, 5.74) is 2.55. The lowest BCUT2D eigenvalue weighted by Gasteiger charge is -2.21. The van der Waals surface area contributed by atoms with E-state index in [2.05, 4.69) is 35.5 Å². The number of carbonyl (C=O) groups is 1. The molecular weight excluding hydrogens is 593 g/mol. The Morgan fingerprint density at radius 2 is 1.86 bits per heavy atom. The Morgan fingerprint density at radius 3 is 2.59 bits per heavy atom. The van der Waals surface area contributed by atoms with E-state index in [0.29, 0.717) is 28.9 Å². The number of aryl methyl sites for hydroxylation is 1. The molecule has 1 atom stereocenters. The van der Waals surface area contributed by atoms with E-state index in [4.69, 9.17) is 0 Å². The van der Waals surface area contributed by atoms with Crippen molar-refractivity contribution in [1.82, 2.24) is 29.7 Å². The van der Waals surface area contributed by atoms with Crippen molar-refractivity contribution < 1.29 is 18.0 Å². The summed E-state index contributed by atoms with van der Waals surface area (Å²) in [6.45, 7) is 4.46. The third-order valence-electron chi connectivity index (χ3n) is 7.32. The van der Waals surface area contributed by atoms with Crippen LogP contribution in [0.25, 0.3) is 11.3 Å². The second-order valence-corrected chi connectivity index (χ2v) is 11.0. The topological polar surface area (TPSA) is 99.2 Å². The van der Waals surface area contributed by atoms with Crippen molar-refractivity contribution in [2.45, 2.75) is 26.1 Å². The quantitative estimate of drug-likeness (QED) is 0.231. The fourth-order valence-electron chi connectivity index (χ4n) is 5.25. The van der Waals surface area contributed by atoms with E-state index in [-0.39, 0.29) is 30.1 Å². The second kappa shape index (κ2) is 14.1. The predicted octanol–water partition coefficient (Wildman–Crippen LogP) is 6.06. The maximum Gasteiger partial charge on any atom is 0.416 e. The maximum atomic E-state index is 14.1. The summed E-state index contributed by atoms with van der Waals surface area (Å²) in [5, 5.41) is 5.87. The van der Waals surface area contributed by atoms with Crippen molar-refractivity contribution in [2.75, 3.05) is 44.4 Å². The van der Waals surface area contributed by atoms with Gasteiger partial charge in [0.15, 0.2) is 0 Å². The standard InChI is InChI=1S/C31H33F3N8O.ClH/c1-20-4-7-25(13-28(20)40-30-37-10-8-27(39-30)24-14-35-19-36-15-24)38-29(43)22-5-6-23(26(12-22)31(32,33)34)18-42-11-9-21(17-42)16-41(2)3;/h4-8,10,12-15,19,21H,9,11,16-18H2,1-3H3,(H,38,43)(H,37,39,40);1H. The van der Waals surface area contributed by atoms with Crippen molar-refractivity contribution in [3.8, 4) is 11.3 Å². The number of amides is 1. The van der Waals surface area contributed by atoms with Crippen LogP contribution >= 0.6 is 12.4 Å². The van der Waals surface area contributed by atoms with E-state index >= 15 is 0 Å². The zero-order valence-corrected chi connectivity index (χ0v) is 25.4. The fourth-order valence-corrected chi connectivity index (χ4v) is 5.25. The first-order valence-corrected chi connectivity index (χ1v) is 13.9. The molecule has 13 heteroatoms. The van der Waals surface area contributed by atoms with E-state index in [1.807, 2.05) is 25.9 Å². The van der Waals surface area contributed by atoms with Crippen molar-refractivity contribution in [3.05, 3.63) is 89.6 Å². The number of rotatable bonds is 9. The molecule has 1 unspecified atom stereocenters. The van der Waals surface area contributed by atoms with Gasteiger partial charge in [0, 0.05) is 60.7 Å². The predicted molar refractivity (Wildman–Crippen MR) is 166 cm³/mol. The molecule has 0 saturated carbocycles. The van der Waals surface area contributed by atoms with Gasteiger partial charge < -0.3 is 15.5 Å². The summed E-state index contributed by atoms with van der Waals surface area (Å²) in [4.78, 5) is 34.1. The van der Waals surface area contributed by atoms with Gasteiger partial charge in [-0.3, -0.25) is 9.69 Å². The van der Waals surface area contributed by atoms with Crippen LogP contribution < -0.4 is 10.6 Å². The highest BCUT2D eigenvalue weighted by molar-refractivity contribution is 6.04. The van der Waals surface area contributed by atoms with Crippen LogP contribution in [0.15, 0.2) is 67.4 Å². The first-order chi connectivity index (χ1) is 20.5. The lowest BCUT2D eigenvalue weighted by molar-refractivity contribution is -0.138. The van der Waals surface area contributed by atoms with Crippen molar-refractivity contribution >= 4 is 35.6 Å². The van der Waals surface area contributed by atoms with Gasteiger partial charge in [-0.1, -0.05) is 12.1 Å². The van der Waals surface area contributed by atoms with Crippen LogP contribution in [0.5, 0.6) is 0 Å². The number of carbonyl (C=O) groups excluding carboxylic acids is 1. The molecule has 44 heavy (non-hydrogen) atoms. The number of alkyl halides is 3. The van der Waals surface area contributed by atoms with Crippen LogP contribution in [0, 0.1) is 12.8 Å². The summed E-state index contributed by atoms with van der Waals surface area (Å²) in [6.07, 6.45) is 2.69. The molecule has 1 amide bonds. The number of nitrogens with zero attached hydrogens (tertiary/aromatic N) is 6. The molecule has 0 spiro atoms. The summed E-state index contributed by atoms with van der Waals surface area (Å²) in [5.74, 6) is 0.114. The minimum absolute atomic E-state index is 0. The number of likely N-dealkylation sites (tertiary alicyclic amines) is 1. The van der Waals surface area contributed by atoms with Gasteiger partial charge in [-0.25, -0.2) is 19.9 Å². The number of aromatic nitrogens is 4. The number of nitrogens with one attached hydrogen (secondary N) is 2. The normalized spacial score (nSPS) is 15.2. The Balaban J connectivity index is 0.00000442. The molecule has 1 aliphatic heterocycles. The molecular formula is C31H34ClF3N8O. The van der Waals surface area contributed by atoms with Crippen LogP contribution in [0.2, 0.25) is 0 Å². The third-order valence-corrected chi connectivity index (χ3v) is 7.32. The molecule has 9 nitrogen and oxygen atoms in total. The van der Waals surface area contributed by atoms with Gasteiger partial charge in [0.1, 0.15) is 6.33 Å². The van der Waals surface area contributed by atoms with Crippen molar-refractivity contribution in [1.29, 1.82) is 0 Å². The molecule has 0 radical (unpaired) electrons. The van der Waals surface area contributed by atoms with E-state index in [9.17, 15) is 18.0 Å². The average Bonchev–Trinajstić information content (AvgIpc) is 3.41. The lowest BCUT2D eigenvalue weighted by atomic mass is 10.0. The molecule has 5 rings (SSSR count). The van der Waals surface area contributed by atoms with E-state index in [0.717, 1.165) is 43.2 Å². The summed E-state index contributed by atoms with van der Waals surface area (Å²) in [6, 6.07) is 10.7. The Morgan fingerprint density at radius 1 is 1.09 bits per heavy atom. The van der Waals surface area contributed by atoms with Crippen molar-refractivity contribution in [3.63, 3.8) is 0 Å². The molecule has 4 aromatic rings. The SMILES string of the molecule is Cc1ccc(NC(=O)c2ccc(CN3CCC(CN(C)C)C3)c(C(F)(F)F)c2)cc1Nc1nccc(-c2cncnc2)n1.Cl. The molecule has 2 aromatic heterocycles. The van der Waals surface area contributed by atoms with Gasteiger partial charge in [-0.05, 0) is 81.4 Å². The Hall–Kier alpha value is -4.13. The molecule has 3 heterocycles. The number of hydrogen-bond donors (Lipinski definition) is 2. The molecule has 0 bridgehead atoms. The number of halogens is 4. The van der Waals surface area contributed by atoms with Gasteiger partial charge in [-0.15, -0.1) is 12.4 Å². The molecule has 1 fully saturated rings. The first-order valence-electron chi connectivity index (χ1n) is 13.9. The molecule has 1 saturated heterocycles. The zero-order valence-electron chi connectivity index (χ0n) is 24.6. The molecule has 232 valence electrons. The molecule has 1 aliphatic rings. The fraction of sp³-hybridized carbons (Fsp3) is 0.323. The first kappa shape index (κ1) is 32.8. The van der Waals surface area contributed by atoms with Gasteiger partial charge >= 0.3 is 6.18 Å². The Kier molecular flexibility index (Phi) is 10.5. The maximum absolute atomic E-state index is 14.1. The van der Waals surface area contributed by atoms with Gasteiger partial charge in [0.2, 0.25) is 5.95 Å². The lowest BCUT2D eigenvalue weighted by Crippen LogP contribution is -2.26. The summed E-state index contributed by atoms with van der Waals surface area (Å²) in [7, 11) is 4.00. The van der Waals surface area contributed by atoms with Gasteiger partial charge in [-0.2, -0.15) is 13.2 Å². The minimum atomic E-state index is -4.59. The van der Waals surface area contributed by atoms with Crippen LogP contribution in [-0.4, -0.2) is 69.4 Å². The van der Waals surface area contributed by atoms with Crippen LogP contribution in [0.3, 0.4) is 0 Å². The average molecular weight is 627 g/mol. The van der Waals surface area contributed by atoms with E-state index in [1.165, 1.54) is 18.5 Å². The van der Waals surface area contributed by atoms with Crippen molar-refractivity contribution in [2.24, 2.45) is 5.92 Å². The molecule has 2 aromatic carbocycles. The number of hydrogen-bond acceptors (Lipinski definition) is 8. The third kappa shape index (κ3) is 8.28. The highest BCUT2D eigenvalue weighted by Crippen LogP contribution is 2.34. The van der Waals surface area contributed by atoms with E-state index < -0.39 is 17.6 Å². The van der Waals surface area contributed by atoms with Crippen LogP contribution in [0.4, 0.5) is 30.5 Å². The molecule has 2 N–H and O–H groups in total. The summed E-state index contributed by atoms with van der Waals surface area (Å²) < 4.78 is 42.3. The van der Waals surface area contributed by atoms with Gasteiger partial charge in [0.05, 0.1) is 11.3 Å². The van der Waals surface area contributed by atoms with Crippen LogP contribution in [0.1, 0.15) is 33.5 Å². The highest BCUT2D eigenvalue weighted by Gasteiger charge is 2.35.